The second kappa shape index (κ2) is 6.19. The van der Waals surface area contributed by atoms with Crippen LogP contribution < -0.4 is 5.32 Å². The van der Waals surface area contributed by atoms with Gasteiger partial charge < -0.3 is 5.32 Å². The van der Waals surface area contributed by atoms with Crippen molar-refractivity contribution in [2.24, 2.45) is 0 Å². The third kappa shape index (κ3) is 3.02. The highest BCUT2D eigenvalue weighted by atomic mass is 127. The van der Waals surface area contributed by atoms with Crippen molar-refractivity contribution in [2.45, 2.75) is 5.03 Å². The number of amides is 1. The summed E-state index contributed by atoms with van der Waals surface area (Å²) >= 11 is 3.66. The number of carbonyl (C=O) groups excluding carboxylic acids is 1. The number of nitrogens with one attached hydrogen (secondary N) is 1. The second-order valence-corrected chi connectivity index (χ2v) is 5.45. The van der Waals surface area contributed by atoms with Crippen molar-refractivity contribution < 1.29 is 4.79 Å². The van der Waals surface area contributed by atoms with Crippen molar-refractivity contribution in [1.82, 2.24) is 4.98 Å². The normalized spacial score (nSPS) is 10.1. The van der Waals surface area contributed by atoms with E-state index in [0.29, 0.717) is 5.56 Å². The summed E-state index contributed by atoms with van der Waals surface area (Å²) in [4.78, 5) is 16.4. The van der Waals surface area contributed by atoms with Crippen LogP contribution in [0.1, 0.15) is 10.4 Å². The molecule has 2 rings (SSSR count). The number of anilines is 1. The van der Waals surface area contributed by atoms with Gasteiger partial charge in [-0.3, -0.25) is 4.79 Å². The van der Waals surface area contributed by atoms with Gasteiger partial charge in [0.2, 0.25) is 0 Å². The number of rotatable bonds is 3. The number of carbonyl (C=O) groups is 1. The molecule has 0 saturated carbocycles. The van der Waals surface area contributed by atoms with Crippen molar-refractivity contribution in [3.63, 3.8) is 0 Å². The molecule has 18 heavy (non-hydrogen) atoms. The van der Waals surface area contributed by atoms with E-state index in [0.717, 1.165) is 14.3 Å². The number of para-hydroxylation sites is 1. The molecule has 1 aromatic carbocycles. The van der Waals surface area contributed by atoms with Crippen molar-refractivity contribution in [3.8, 4) is 0 Å². The number of hydrogen-bond acceptors (Lipinski definition) is 3. The Morgan fingerprint density at radius 2 is 2.06 bits per heavy atom. The predicted molar refractivity (Wildman–Crippen MR) is 83.1 cm³/mol. The number of halogens is 1. The molecule has 1 heterocycles. The molecular formula is C13H11IN2OS. The first-order valence-electron chi connectivity index (χ1n) is 5.27. The molecule has 5 heteroatoms. The van der Waals surface area contributed by atoms with Crippen molar-refractivity contribution in [2.75, 3.05) is 11.6 Å². The van der Waals surface area contributed by atoms with Crippen molar-refractivity contribution in [3.05, 3.63) is 51.7 Å². The van der Waals surface area contributed by atoms with Crippen LogP contribution in [0.25, 0.3) is 0 Å². The van der Waals surface area contributed by atoms with E-state index in [-0.39, 0.29) is 5.91 Å². The van der Waals surface area contributed by atoms with E-state index in [1.54, 1.807) is 18.3 Å². The Balaban J connectivity index is 2.25. The lowest BCUT2D eigenvalue weighted by Crippen LogP contribution is -2.14. The maximum absolute atomic E-state index is 12.2. The van der Waals surface area contributed by atoms with Gasteiger partial charge >= 0.3 is 0 Å². The summed E-state index contributed by atoms with van der Waals surface area (Å²) in [5.74, 6) is -0.128. The number of aromatic nitrogens is 1. The summed E-state index contributed by atoms with van der Waals surface area (Å²) < 4.78 is 1.01. The average molecular weight is 370 g/mol. The highest BCUT2D eigenvalue weighted by molar-refractivity contribution is 14.1. The van der Waals surface area contributed by atoms with Crippen LogP contribution in [0.15, 0.2) is 47.6 Å². The summed E-state index contributed by atoms with van der Waals surface area (Å²) in [6, 6.07) is 11.2. The van der Waals surface area contributed by atoms with E-state index < -0.39 is 0 Å². The first-order valence-corrected chi connectivity index (χ1v) is 7.57. The topological polar surface area (TPSA) is 42.0 Å². The quantitative estimate of drug-likeness (QED) is 0.662. The number of benzene rings is 1. The summed E-state index contributed by atoms with van der Waals surface area (Å²) in [5.41, 5.74) is 1.42. The van der Waals surface area contributed by atoms with Gasteiger partial charge in [0.1, 0.15) is 5.03 Å². The Bertz CT molecular complexity index is 574. The molecule has 1 amide bonds. The maximum Gasteiger partial charge on any atom is 0.258 e. The summed E-state index contributed by atoms with van der Waals surface area (Å²) in [7, 11) is 0. The van der Waals surface area contributed by atoms with Gasteiger partial charge in [0.25, 0.3) is 5.91 Å². The summed E-state index contributed by atoms with van der Waals surface area (Å²) in [6.45, 7) is 0. The van der Waals surface area contributed by atoms with Gasteiger partial charge in [-0.25, -0.2) is 4.98 Å². The average Bonchev–Trinajstić information content (AvgIpc) is 2.41. The van der Waals surface area contributed by atoms with Crippen molar-refractivity contribution in [1.29, 1.82) is 0 Å². The molecule has 0 aliphatic carbocycles. The zero-order valence-corrected chi connectivity index (χ0v) is 12.7. The standard InChI is InChI=1S/C13H11IN2OS/c1-18-13-9(5-4-8-15-13)12(17)16-11-7-3-2-6-10(11)14/h2-8H,1H3,(H,16,17). The molecule has 0 aliphatic rings. The van der Waals surface area contributed by atoms with E-state index in [4.69, 9.17) is 0 Å². The predicted octanol–water partition coefficient (Wildman–Crippen LogP) is 3.66. The first kappa shape index (κ1) is 13.4. The van der Waals surface area contributed by atoms with E-state index in [1.807, 2.05) is 30.5 Å². The first-order chi connectivity index (χ1) is 8.72. The number of thioether (sulfide) groups is 1. The van der Waals surface area contributed by atoms with Crippen LogP contribution in [0.2, 0.25) is 0 Å². The molecule has 0 unspecified atom stereocenters. The highest BCUT2D eigenvalue weighted by Gasteiger charge is 2.12. The molecule has 0 aliphatic heterocycles. The minimum Gasteiger partial charge on any atom is -0.321 e. The number of pyridine rings is 1. The zero-order chi connectivity index (χ0) is 13.0. The third-order valence-electron chi connectivity index (χ3n) is 2.33. The smallest absolute Gasteiger partial charge is 0.258 e. The van der Waals surface area contributed by atoms with Gasteiger partial charge in [-0.1, -0.05) is 12.1 Å². The van der Waals surface area contributed by atoms with Gasteiger partial charge in [0.05, 0.1) is 11.3 Å². The maximum atomic E-state index is 12.2. The molecule has 2 aromatic rings. The molecule has 0 bridgehead atoms. The lowest BCUT2D eigenvalue weighted by Gasteiger charge is -2.09. The number of hydrogen-bond donors (Lipinski definition) is 1. The molecule has 3 nitrogen and oxygen atoms in total. The van der Waals surface area contributed by atoms with Gasteiger partial charge in [-0.2, -0.15) is 0 Å². The summed E-state index contributed by atoms with van der Waals surface area (Å²) in [5, 5.41) is 3.64. The Labute approximate surface area is 124 Å². The molecule has 0 atom stereocenters. The van der Waals surface area contributed by atoms with Gasteiger partial charge in [-0.15, -0.1) is 11.8 Å². The minimum absolute atomic E-state index is 0.128. The molecule has 1 N–H and O–H groups in total. The fraction of sp³-hybridized carbons (Fsp3) is 0.0769. The molecule has 0 radical (unpaired) electrons. The Morgan fingerprint density at radius 1 is 1.28 bits per heavy atom. The Morgan fingerprint density at radius 3 is 2.78 bits per heavy atom. The van der Waals surface area contributed by atoms with Gasteiger partial charge in [0.15, 0.2) is 0 Å². The van der Waals surface area contributed by atoms with E-state index in [9.17, 15) is 4.79 Å². The zero-order valence-electron chi connectivity index (χ0n) is 9.68. The van der Waals surface area contributed by atoms with Gasteiger partial charge in [0, 0.05) is 9.77 Å². The van der Waals surface area contributed by atoms with E-state index in [2.05, 4.69) is 32.9 Å². The van der Waals surface area contributed by atoms with E-state index in [1.165, 1.54) is 11.8 Å². The molecule has 1 aromatic heterocycles. The van der Waals surface area contributed by atoms with E-state index >= 15 is 0 Å². The summed E-state index contributed by atoms with van der Waals surface area (Å²) in [6.07, 6.45) is 3.60. The fourth-order valence-electron chi connectivity index (χ4n) is 1.48. The highest BCUT2D eigenvalue weighted by Crippen LogP contribution is 2.21. The lowest BCUT2D eigenvalue weighted by atomic mass is 10.2. The van der Waals surface area contributed by atoms with Crippen LogP contribution in [0, 0.1) is 3.57 Å². The largest absolute Gasteiger partial charge is 0.321 e. The fourth-order valence-corrected chi connectivity index (χ4v) is 2.55. The van der Waals surface area contributed by atoms with Crippen molar-refractivity contribution >= 4 is 45.9 Å². The molecule has 92 valence electrons. The van der Waals surface area contributed by atoms with Crippen LogP contribution in [-0.4, -0.2) is 17.1 Å². The lowest BCUT2D eigenvalue weighted by molar-refractivity contribution is 0.102. The van der Waals surface area contributed by atoms with Crippen LogP contribution in [-0.2, 0) is 0 Å². The Kier molecular flexibility index (Phi) is 4.60. The van der Waals surface area contributed by atoms with Gasteiger partial charge in [-0.05, 0) is 53.1 Å². The molecule has 0 saturated heterocycles. The minimum atomic E-state index is -0.128. The SMILES string of the molecule is CSc1ncccc1C(=O)Nc1ccccc1I. The Hall–Kier alpha value is -1.08. The number of nitrogens with zero attached hydrogens (tertiary/aromatic N) is 1. The van der Waals surface area contributed by atoms with Crippen LogP contribution in [0.3, 0.4) is 0 Å². The molecular weight excluding hydrogens is 359 g/mol. The third-order valence-corrected chi connectivity index (χ3v) is 3.98. The second-order valence-electron chi connectivity index (χ2n) is 3.49. The molecule has 0 fully saturated rings. The monoisotopic (exact) mass is 370 g/mol. The van der Waals surface area contributed by atoms with Crippen LogP contribution >= 0.6 is 34.4 Å². The van der Waals surface area contributed by atoms with Crippen LogP contribution in [0.5, 0.6) is 0 Å². The van der Waals surface area contributed by atoms with Crippen LogP contribution in [0.4, 0.5) is 5.69 Å². The molecule has 0 spiro atoms.